The van der Waals surface area contributed by atoms with Gasteiger partial charge in [0.2, 0.25) is 0 Å². The third-order valence-electron chi connectivity index (χ3n) is 2.51. The second kappa shape index (κ2) is 6.12. The molecule has 0 fully saturated rings. The van der Waals surface area contributed by atoms with Crippen molar-refractivity contribution >= 4 is 5.97 Å². The van der Waals surface area contributed by atoms with Gasteiger partial charge < -0.3 is 14.9 Å². The number of nitrogens with zero attached hydrogens (tertiary/aromatic N) is 2. The summed E-state index contributed by atoms with van der Waals surface area (Å²) in [7, 11) is 0. The number of carboxylic acids is 1. The molecule has 0 radical (unpaired) electrons. The maximum absolute atomic E-state index is 10.3. The van der Waals surface area contributed by atoms with Gasteiger partial charge in [-0.05, 0) is 12.1 Å². The van der Waals surface area contributed by atoms with Crippen molar-refractivity contribution in [2.24, 2.45) is 0 Å². The number of ether oxygens (including phenoxy) is 1. The summed E-state index contributed by atoms with van der Waals surface area (Å²) in [6, 6.07) is 9.48. The number of hydrogen-bond acceptors (Lipinski definition) is 4. The lowest BCUT2D eigenvalue weighted by Crippen LogP contribution is -2.12. The Balaban J connectivity index is 1.99. The largest absolute Gasteiger partial charge is 0.480 e. The van der Waals surface area contributed by atoms with Gasteiger partial charge in [-0.2, -0.15) is 5.10 Å². The van der Waals surface area contributed by atoms with Crippen LogP contribution in [0.4, 0.5) is 0 Å². The monoisotopic (exact) mass is 262 g/mol. The molecule has 2 N–H and O–H groups in total. The Hall–Kier alpha value is -2.18. The highest BCUT2D eigenvalue weighted by Gasteiger charge is 2.11. The molecule has 2 rings (SSSR count). The van der Waals surface area contributed by atoms with E-state index < -0.39 is 18.7 Å². The number of carbonyl (C=O) groups is 1. The number of aliphatic carboxylic acids is 1. The summed E-state index contributed by atoms with van der Waals surface area (Å²) in [6.07, 6.45) is 2.32. The molecule has 1 unspecified atom stereocenters. The molecule has 0 amide bonds. The molecule has 0 aliphatic rings. The van der Waals surface area contributed by atoms with Gasteiger partial charge in [0.1, 0.15) is 12.7 Å². The minimum absolute atomic E-state index is 0.0766. The third-order valence-corrected chi connectivity index (χ3v) is 2.51. The van der Waals surface area contributed by atoms with E-state index in [-0.39, 0.29) is 6.61 Å². The summed E-state index contributed by atoms with van der Waals surface area (Å²) < 4.78 is 6.47. The molecule has 0 aliphatic heterocycles. The van der Waals surface area contributed by atoms with Crippen LogP contribution < -0.4 is 0 Å². The summed E-state index contributed by atoms with van der Waals surface area (Å²) in [5.74, 6) is -1.06. The van der Waals surface area contributed by atoms with E-state index in [4.69, 9.17) is 9.84 Å². The van der Waals surface area contributed by atoms with Gasteiger partial charge in [-0.1, -0.05) is 18.2 Å². The number of para-hydroxylation sites is 1. The van der Waals surface area contributed by atoms with Gasteiger partial charge in [0.25, 0.3) is 0 Å². The van der Waals surface area contributed by atoms with Crippen molar-refractivity contribution in [2.75, 3.05) is 13.2 Å². The number of aliphatic hydroxyl groups excluding tert-OH is 1. The van der Waals surface area contributed by atoms with E-state index in [1.807, 2.05) is 30.3 Å². The predicted molar refractivity (Wildman–Crippen MR) is 67.0 cm³/mol. The molecular weight excluding hydrogens is 248 g/mol. The second-order valence-corrected chi connectivity index (χ2v) is 3.98. The zero-order valence-corrected chi connectivity index (χ0v) is 10.1. The topological polar surface area (TPSA) is 84.6 Å². The Morgan fingerprint density at radius 1 is 1.37 bits per heavy atom. The summed E-state index contributed by atoms with van der Waals surface area (Å²) in [5, 5.41) is 22.4. The van der Waals surface area contributed by atoms with Crippen LogP contribution in [0.2, 0.25) is 0 Å². The van der Waals surface area contributed by atoms with E-state index in [1.165, 1.54) is 6.20 Å². The van der Waals surface area contributed by atoms with Gasteiger partial charge in [0, 0.05) is 11.8 Å². The van der Waals surface area contributed by atoms with Crippen LogP contribution in [0.15, 0.2) is 42.7 Å². The van der Waals surface area contributed by atoms with Crippen molar-refractivity contribution < 1.29 is 19.7 Å². The fourth-order valence-corrected chi connectivity index (χ4v) is 1.58. The molecule has 6 heteroatoms. The number of aliphatic hydroxyl groups is 1. The first-order valence-corrected chi connectivity index (χ1v) is 5.74. The van der Waals surface area contributed by atoms with E-state index >= 15 is 0 Å². The molecule has 0 saturated heterocycles. The Kier molecular flexibility index (Phi) is 4.27. The maximum Gasteiger partial charge on any atom is 0.329 e. The van der Waals surface area contributed by atoms with Crippen molar-refractivity contribution in [3.05, 3.63) is 48.3 Å². The summed E-state index contributed by atoms with van der Waals surface area (Å²) >= 11 is 0. The molecule has 0 aliphatic carbocycles. The lowest BCUT2D eigenvalue weighted by atomic mass is 10.2. The average Bonchev–Trinajstić information content (AvgIpc) is 2.89. The molecule has 100 valence electrons. The molecule has 19 heavy (non-hydrogen) atoms. The highest BCUT2D eigenvalue weighted by Crippen LogP contribution is 2.14. The molecule has 0 bridgehead atoms. The molecule has 0 saturated carbocycles. The van der Waals surface area contributed by atoms with E-state index in [9.17, 15) is 9.90 Å². The van der Waals surface area contributed by atoms with E-state index in [0.29, 0.717) is 5.56 Å². The Morgan fingerprint density at radius 2 is 2.11 bits per heavy atom. The van der Waals surface area contributed by atoms with Gasteiger partial charge in [0.15, 0.2) is 0 Å². The van der Waals surface area contributed by atoms with E-state index in [1.54, 1.807) is 10.9 Å². The first-order valence-electron chi connectivity index (χ1n) is 5.74. The van der Waals surface area contributed by atoms with Gasteiger partial charge in [-0.3, -0.25) is 0 Å². The molecule has 0 spiro atoms. The molecule has 1 atom stereocenters. The lowest BCUT2D eigenvalue weighted by molar-refractivity contribution is -0.143. The minimum Gasteiger partial charge on any atom is -0.480 e. The van der Waals surface area contributed by atoms with E-state index in [2.05, 4.69) is 5.10 Å². The SMILES string of the molecule is O=C(O)COCC(O)c1cnn(-c2ccccc2)c1. The van der Waals surface area contributed by atoms with Gasteiger partial charge in [-0.25, -0.2) is 9.48 Å². The minimum atomic E-state index is -1.06. The second-order valence-electron chi connectivity index (χ2n) is 3.98. The predicted octanol–water partition coefficient (Wildman–Crippen LogP) is 1.01. The molecule has 1 aromatic carbocycles. The summed E-state index contributed by atoms with van der Waals surface area (Å²) in [6.45, 7) is -0.503. The van der Waals surface area contributed by atoms with Crippen LogP contribution in [0, 0.1) is 0 Å². The zero-order chi connectivity index (χ0) is 13.7. The van der Waals surface area contributed by atoms with Gasteiger partial charge >= 0.3 is 5.97 Å². The third kappa shape index (κ3) is 3.64. The first kappa shape index (κ1) is 13.3. The van der Waals surface area contributed by atoms with Crippen LogP contribution in [0.1, 0.15) is 11.7 Å². The van der Waals surface area contributed by atoms with Crippen LogP contribution in [0.25, 0.3) is 5.69 Å². The van der Waals surface area contributed by atoms with Crippen LogP contribution in [0.3, 0.4) is 0 Å². The zero-order valence-electron chi connectivity index (χ0n) is 10.1. The van der Waals surface area contributed by atoms with Crippen LogP contribution in [-0.4, -0.2) is 39.2 Å². The number of carboxylic acid groups (broad SMARTS) is 1. The van der Waals surface area contributed by atoms with Crippen LogP contribution in [0.5, 0.6) is 0 Å². The quantitative estimate of drug-likeness (QED) is 0.811. The lowest BCUT2D eigenvalue weighted by Gasteiger charge is -2.07. The summed E-state index contributed by atoms with van der Waals surface area (Å²) in [5.41, 5.74) is 1.46. The Bertz CT molecular complexity index is 539. The standard InChI is InChI=1S/C13H14N2O4/c16-12(8-19-9-13(17)18)10-6-14-15(7-10)11-4-2-1-3-5-11/h1-7,12,16H,8-9H2,(H,17,18). The Labute approximate surface area is 109 Å². The Morgan fingerprint density at radius 3 is 2.79 bits per heavy atom. The fourth-order valence-electron chi connectivity index (χ4n) is 1.58. The van der Waals surface area contributed by atoms with Crippen molar-refractivity contribution in [1.82, 2.24) is 9.78 Å². The van der Waals surface area contributed by atoms with Crippen LogP contribution >= 0.6 is 0 Å². The highest BCUT2D eigenvalue weighted by atomic mass is 16.5. The number of rotatable bonds is 6. The molecular formula is C13H14N2O4. The van der Waals surface area contributed by atoms with E-state index in [0.717, 1.165) is 5.69 Å². The van der Waals surface area contributed by atoms with Crippen molar-refractivity contribution in [1.29, 1.82) is 0 Å². The van der Waals surface area contributed by atoms with Gasteiger partial charge in [-0.15, -0.1) is 0 Å². The molecule has 6 nitrogen and oxygen atoms in total. The average molecular weight is 262 g/mol. The molecule has 2 aromatic rings. The summed E-state index contributed by atoms with van der Waals surface area (Å²) in [4.78, 5) is 10.3. The van der Waals surface area contributed by atoms with Gasteiger partial charge in [0.05, 0.1) is 18.5 Å². The highest BCUT2D eigenvalue weighted by molar-refractivity contribution is 5.67. The first-order chi connectivity index (χ1) is 9.16. The maximum atomic E-state index is 10.3. The van der Waals surface area contributed by atoms with Crippen molar-refractivity contribution in [2.45, 2.75) is 6.10 Å². The van der Waals surface area contributed by atoms with Crippen LogP contribution in [-0.2, 0) is 9.53 Å². The van der Waals surface area contributed by atoms with Crippen molar-refractivity contribution in [3.63, 3.8) is 0 Å². The normalized spacial score (nSPS) is 12.3. The van der Waals surface area contributed by atoms with Crippen molar-refractivity contribution in [3.8, 4) is 5.69 Å². The number of aromatic nitrogens is 2. The number of benzene rings is 1. The smallest absolute Gasteiger partial charge is 0.329 e. The fraction of sp³-hybridized carbons (Fsp3) is 0.231. The number of hydrogen-bond donors (Lipinski definition) is 2. The molecule has 1 aromatic heterocycles. The molecule has 1 heterocycles.